The SMILES string of the molecule is C[C@@H]1CNCC[C@H]1Oc1cncc(Nc2cc(OC(F)F)[nH]n2)n1. The summed E-state index contributed by atoms with van der Waals surface area (Å²) in [5.41, 5.74) is 0. The Labute approximate surface area is 137 Å². The number of halogens is 2. The molecule has 0 aromatic carbocycles. The highest BCUT2D eigenvalue weighted by atomic mass is 19.3. The molecule has 1 aliphatic rings. The number of nitrogens with one attached hydrogen (secondary N) is 3. The summed E-state index contributed by atoms with van der Waals surface area (Å²) in [6.07, 6.45) is 4.00. The molecule has 0 amide bonds. The Morgan fingerprint density at radius 2 is 2.21 bits per heavy atom. The van der Waals surface area contributed by atoms with Crippen molar-refractivity contribution < 1.29 is 18.3 Å². The Kier molecular flexibility index (Phi) is 5.04. The molecule has 0 radical (unpaired) electrons. The number of alkyl halides is 2. The van der Waals surface area contributed by atoms with Crippen LogP contribution in [0.2, 0.25) is 0 Å². The molecule has 0 aliphatic carbocycles. The van der Waals surface area contributed by atoms with E-state index in [1.165, 1.54) is 18.5 Å². The van der Waals surface area contributed by atoms with Gasteiger partial charge in [0.25, 0.3) is 0 Å². The summed E-state index contributed by atoms with van der Waals surface area (Å²) in [7, 11) is 0. The largest absolute Gasteiger partial charge is 0.473 e. The quantitative estimate of drug-likeness (QED) is 0.739. The van der Waals surface area contributed by atoms with E-state index in [0.717, 1.165) is 19.5 Å². The topological polar surface area (TPSA) is 97.0 Å². The molecule has 8 nitrogen and oxygen atoms in total. The van der Waals surface area contributed by atoms with E-state index in [9.17, 15) is 8.78 Å². The fourth-order valence-corrected chi connectivity index (χ4v) is 2.44. The third kappa shape index (κ3) is 4.28. The third-order valence-corrected chi connectivity index (χ3v) is 3.62. The molecule has 24 heavy (non-hydrogen) atoms. The van der Waals surface area contributed by atoms with Crippen molar-refractivity contribution in [2.75, 3.05) is 18.4 Å². The maximum absolute atomic E-state index is 12.1. The molecule has 0 saturated carbocycles. The van der Waals surface area contributed by atoms with E-state index in [1.54, 1.807) is 0 Å². The van der Waals surface area contributed by atoms with Crippen LogP contribution in [0.4, 0.5) is 20.4 Å². The number of rotatable bonds is 6. The van der Waals surface area contributed by atoms with E-state index in [0.29, 0.717) is 17.6 Å². The van der Waals surface area contributed by atoms with Gasteiger partial charge in [0.2, 0.25) is 11.8 Å². The summed E-state index contributed by atoms with van der Waals surface area (Å²) in [6.45, 7) is 0.999. The molecule has 2 aromatic rings. The number of ether oxygens (including phenoxy) is 2. The normalized spacial score (nSPS) is 20.8. The van der Waals surface area contributed by atoms with Gasteiger partial charge < -0.3 is 20.1 Å². The average molecular weight is 340 g/mol. The van der Waals surface area contributed by atoms with Crippen LogP contribution in [0.1, 0.15) is 13.3 Å². The first-order valence-electron chi connectivity index (χ1n) is 7.57. The molecule has 2 aromatic heterocycles. The zero-order chi connectivity index (χ0) is 16.9. The molecule has 1 aliphatic heterocycles. The summed E-state index contributed by atoms with van der Waals surface area (Å²) < 4.78 is 34.4. The number of anilines is 2. The molecule has 0 bridgehead atoms. The Bertz CT molecular complexity index is 668. The minimum Gasteiger partial charge on any atom is -0.473 e. The smallest absolute Gasteiger partial charge is 0.388 e. The number of aromatic amines is 1. The number of hydrogen-bond acceptors (Lipinski definition) is 7. The minimum absolute atomic E-state index is 0.0761. The van der Waals surface area contributed by atoms with Crippen molar-refractivity contribution in [3.8, 4) is 11.8 Å². The van der Waals surface area contributed by atoms with Gasteiger partial charge in [-0.15, -0.1) is 0 Å². The summed E-state index contributed by atoms with van der Waals surface area (Å²) in [6, 6.07) is 1.30. The van der Waals surface area contributed by atoms with Crippen molar-refractivity contribution in [1.82, 2.24) is 25.5 Å². The molecule has 0 unspecified atom stereocenters. The maximum atomic E-state index is 12.1. The van der Waals surface area contributed by atoms with Gasteiger partial charge in [-0.25, -0.2) is 5.10 Å². The van der Waals surface area contributed by atoms with Gasteiger partial charge in [-0.3, -0.25) is 4.98 Å². The first kappa shape index (κ1) is 16.4. The number of aromatic nitrogens is 4. The molecule has 3 N–H and O–H groups in total. The van der Waals surface area contributed by atoms with Crippen LogP contribution in [-0.4, -0.2) is 46.0 Å². The predicted octanol–water partition coefficient (Wildman–Crippen LogP) is 1.92. The molecule has 1 saturated heterocycles. The fourth-order valence-electron chi connectivity index (χ4n) is 2.44. The van der Waals surface area contributed by atoms with Crippen LogP contribution < -0.4 is 20.1 Å². The van der Waals surface area contributed by atoms with Gasteiger partial charge in [-0.05, 0) is 13.0 Å². The minimum atomic E-state index is -2.92. The van der Waals surface area contributed by atoms with E-state index in [4.69, 9.17) is 4.74 Å². The highest BCUT2D eigenvalue weighted by molar-refractivity contribution is 5.51. The fraction of sp³-hybridized carbons (Fsp3) is 0.500. The molecule has 3 heterocycles. The van der Waals surface area contributed by atoms with Crippen LogP contribution in [0, 0.1) is 5.92 Å². The molecular weight excluding hydrogens is 322 g/mol. The lowest BCUT2D eigenvalue weighted by molar-refractivity contribution is -0.0528. The zero-order valence-electron chi connectivity index (χ0n) is 13.0. The van der Waals surface area contributed by atoms with Crippen LogP contribution in [0.3, 0.4) is 0 Å². The first-order valence-corrected chi connectivity index (χ1v) is 7.57. The lowest BCUT2D eigenvalue weighted by Crippen LogP contribution is -2.41. The van der Waals surface area contributed by atoms with Gasteiger partial charge >= 0.3 is 6.61 Å². The monoisotopic (exact) mass is 340 g/mol. The Morgan fingerprint density at radius 3 is 3.00 bits per heavy atom. The van der Waals surface area contributed by atoms with Crippen LogP contribution in [0.25, 0.3) is 0 Å². The van der Waals surface area contributed by atoms with E-state index < -0.39 is 6.61 Å². The van der Waals surface area contributed by atoms with Gasteiger partial charge in [0, 0.05) is 18.5 Å². The van der Waals surface area contributed by atoms with E-state index in [1.807, 2.05) is 0 Å². The lowest BCUT2D eigenvalue weighted by Gasteiger charge is -2.29. The second-order valence-corrected chi connectivity index (χ2v) is 5.49. The van der Waals surface area contributed by atoms with Gasteiger partial charge in [-0.2, -0.15) is 18.9 Å². The van der Waals surface area contributed by atoms with Gasteiger partial charge in [0.1, 0.15) is 6.10 Å². The van der Waals surface area contributed by atoms with Crippen molar-refractivity contribution in [3.63, 3.8) is 0 Å². The summed E-state index contributed by atoms with van der Waals surface area (Å²) in [5, 5.41) is 12.3. The molecule has 3 rings (SSSR count). The highest BCUT2D eigenvalue weighted by Crippen LogP contribution is 2.21. The van der Waals surface area contributed by atoms with E-state index in [-0.39, 0.29) is 17.8 Å². The summed E-state index contributed by atoms with van der Waals surface area (Å²) in [4.78, 5) is 8.38. The third-order valence-electron chi connectivity index (χ3n) is 3.62. The summed E-state index contributed by atoms with van der Waals surface area (Å²) >= 11 is 0. The van der Waals surface area contributed by atoms with Gasteiger partial charge in [0.15, 0.2) is 11.6 Å². The van der Waals surface area contributed by atoms with Crippen LogP contribution in [0.15, 0.2) is 18.5 Å². The van der Waals surface area contributed by atoms with E-state index in [2.05, 4.69) is 42.5 Å². The number of H-pyrrole nitrogens is 1. The van der Waals surface area contributed by atoms with Crippen LogP contribution in [-0.2, 0) is 0 Å². The molecule has 130 valence electrons. The number of piperidine rings is 1. The first-order chi connectivity index (χ1) is 11.6. The summed E-state index contributed by atoms with van der Waals surface area (Å²) in [5.74, 6) is 1.31. The van der Waals surface area contributed by atoms with Gasteiger partial charge in [0.05, 0.1) is 12.4 Å². The standard InChI is InChI=1S/C14H18F2N6O2/c1-8-5-17-3-2-9(8)23-13-7-18-6-11(20-13)19-10-4-12(22-21-10)24-14(15)16/h4,6-9,14,17H,2-3,5H2,1H3,(H2,19,20,21,22)/t8-,9-/m1/s1. The van der Waals surface area contributed by atoms with Crippen LogP contribution >= 0.6 is 0 Å². The van der Waals surface area contributed by atoms with Crippen molar-refractivity contribution in [2.45, 2.75) is 26.1 Å². The maximum Gasteiger partial charge on any atom is 0.388 e. The van der Waals surface area contributed by atoms with Gasteiger partial charge in [-0.1, -0.05) is 6.92 Å². The number of hydrogen-bond donors (Lipinski definition) is 3. The second kappa shape index (κ2) is 7.39. The average Bonchev–Trinajstić information content (AvgIpc) is 2.96. The molecule has 10 heteroatoms. The second-order valence-electron chi connectivity index (χ2n) is 5.49. The molecule has 2 atom stereocenters. The van der Waals surface area contributed by atoms with Crippen molar-refractivity contribution in [2.24, 2.45) is 5.92 Å². The highest BCUT2D eigenvalue weighted by Gasteiger charge is 2.23. The van der Waals surface area contributed by atoms with Crippen molar-refractivity contribution in [1.29, 1.82) is 0 Å². The van der Waals surface area contributed by atoms with Crippen molar-refractivity contribution >= 4 is 11.6 Å². The lowest BCUT2D eigenvalue weighted by atomic mass is 9.98. The predicted molar refractivity (Wildman–Crippen MR) is 81.6 cm³/mol. The number of nitrogens with zero attached hydrogens (tertiary/aromatic N) is 3. The van der Waals surface area contributed by atoms with E-state index >= 15 is 0 Å². The Hall–Kier alpha value is -2.49. The van der Waals surface area contributed by atoms with Crippen molar-refractivity contribution in [3.05, 3.63) is 18.5 Å². The zero-order valence-corrected chi connectivity index (χ0v) is 13.0. The van der Waals surface area contributed by atoms with Crippen LogP contribution in [0.5, 0.6) is 11.8 Å². The molecule has 1 fully saturated rings. The Morgan fingerprint density at radius 1 is 1.33 bits per heavy atom. The molecular formula is C14H18F2N6O2. The molecule has 0 spiro atoms. The Balaban J connectivity index is 1.63.